The molecule has 1 heterocycles. The highest BCUT2D eigenvalue weighted by Crippen LogP contribution is 2.30. The summed E-state index contributed by atoms with van der Waals surface area (Å²) in [6.07, 6.45) is 0. The van der Waals surface area contributed by atoms with Crippen molar-refractivity contribution < 1.29 is 9.59 Å². The molecule has 2 aromatic carbocycles. The summed E-state index contributed by atoms with van der Waals surface area (Å²) in [6.45, 7) is 1.66. The number of para-hydroxylation sites is 1. The Labute approximate surface area is 164 Å². The standard InChI is InChI=1S/C18H16ClN5O2S/c1-11(16(25)21-17(20)26)27-18-23-22-15(12-7-9-13(19)10-8-12)24(18)14-5-3-2-4-6-14/h2-11H,1H3,(H3,20,21,25,26)/t11-/m0/s1. The van der Waals surface area contributed by atoms with Gasteiger partial charge in [-0.1, -0.05) is 41.6 Å². The average Bonchev–Trinajstić information content (AvgIpc) is 3.06. The number of urea groups is 1. The molecule has 9 heteroatoms. The molecule has 3 aromatic rings. The molecule has 0 aliphatic carbocycles. The van der Waals surface area contributed by atoms with Crippen LogP contribution in [0.4, 0.5) is 4.79 Å². The van der Waals surface area contributed by atoms with Crippen LogP contribution in [0.3, 0.4) is 0 Å². The largest absolute Gasteiger partial charge is 0.351 e. The third-order valence-electron chi connectivity index (χ3n) is 3.65. The average molecular weight is 402 g/mol. The molecule has 138 valence electrons. The summed E-state index contributed by atoms with van der Waals surface area (Å²) in [5.74, 6) is 0.117. The van der Waals surface area contributed by atoms with Crippen LogP contribution in [0, 0.1) is 0 Å². The van der Waals surface area contributed by atoms with Crippen LogP contribution in [0.25, 0.3) is 17.1 Å². The number of aromatic nitrogens is 3. The predicted molar refractivity (Wildman–Crippen MR) is 105 cm³/mol. The highest BCUT2D eigenvalue weighted by atomic mass is 35.5. The minimum atomic E-state index is -0.890. The number of rotatable bonds is 5. The maximum Gasteiger partial charge on any atom is 0.318 e. The van der Waals surface area contributed by atoms with Gasteiger partial charge in [-0.25, -0.2) is 4.79 Å². The fraction of sp³-hybridized carbons (Fsp3) is 0.111. The van der Waals surface area contributed by atoms with Gasteiger partial charge in [-0.2, -0.15) is 0 Å². The number of halogens is 1. The van der Waals surface area contributed by atoms with Gasteiger partial charge in [0.1, 0.15) is 0 Å². The van der Waals surface area contributed by atoms with Crippen molar-refractivity contribution in [2.75, 3.05) is 0 Å². The first-order chi connectivity index (χ1) is 13.0. The lowest BCUT2D eigenvalue weighted by Gasteiger charge is -2.13. The molecule has 0 fully saturated rings. The Kier molecular flexibility index (Phi) is 5.78. The van der Waals surface area contributed by atoms with E-state index in [1.165, 1.54) is 11.8 Å². The van der Waals surface area contributed by atoms with Gasteiger partial charge >= 0.3 is 6.03 Å². The van der Waals surface area contributed by atoms with Crippen molar-refractivity contribution in [3.8, 4) is 17.1 Å². The zero-order valence-corrected chi connectivity index (χ0v) is 15.9. The van der Waals surface area contributed by atoms with Crippen molar-refractivity contribution >= 4 is 35.3 Å². The van der Waals surface area contributed by atoms with Gasteiger partial charge in [0.15, 0.2) is 11.0 Å². The van der Waals surface area contributed by atoms with Crippen molar-refractivity contribution in [1.82, 2.24) is 20.1 Å². The number of primary amides is 1. The van der Waals surface area contributed by atoms with E-state index in [9.17, 15) is 9.59 Å². The van der Waals surface area contributed by atoms with Gasteiger partial charge in [0, 0.05) is 16.3 Å². The normalized spacial score (nSPS) is 11.8. The molecular formula is C18H16ClN5O2S. The Morgan fingerprint density at radius 2 is 1.78 bits per heavy atom. The van der Waals surface area contributed by atoms with E-state index < -0.39 is 17.2 Å². The van der Waals surface area contributed by atoms with Crippen LogP contribution >= 0.6 is 23.4 Å². The third kappa shape index (κ3) is 4.47. The number of nitrogens with two attached hydrogens (primary N) is 1. The number of carbonyl (C=O) groups is 2. The Morgan fingerprint density at radius 3 is 2.41 bits per heavy atom. The smallest absolute Gasteiger partial charge is 0.318 e. The number of nitrogens with one attached hydrogen (secondary N) is 1. The number of benzene rings is 2. The molecule has 0 unspecified atom stereocenters. The summed E-state index contributed by atoms with van der Waals surface area (Å²) in [4.78, 5) is 22.9. The van der Waals surface area contributed by atoms with Crippen LogP contribution in [-0.4, -0.2) is 32.0 Å². The second kappa shape index (κ2) is 8.24. The second-order valence-corrected chi connectivity index (χ2v) is 7.34. The number of hydrogen-bond donors (Lipinski definition) is 2. The molecule has 0 saturated carbocycles. The van der Waals surface area contributed by atoms with E-state index in [0.717, 1.165) is 11.3 Å². The Hall–Kier alpha value is -2.84. The van der Waals surface area contributed by atoms with Crippen LogP contribution < -0.4 is 11.1 Å². The van der Waals surface area contributed by atoms with E-state index >= 15 is 0 Å². The molecule has 0 aliphatic rings. The Balaban J connectivity index is 2.01. The molecule has 1 aromatic heterocycles. The van der Waals surface area contributed by atoms with Crippen LogP contribution in [0.15, 0.2) is 59.8 Å². The van der Waals surface area contributed by atoms with Crippen molar-refractivity contribution in [3.63, 3.8) is 0 Å². The molecule has 1 atom stereocenters. The second-order valence-electron chi connectivity index (χ2n) is 5.60. The summed E-state index contributed by atoms with van der Waals surface area (Å²) in [6, 6.07) is 15.9. The minimum absolute atomic E-state index is 0.497. The van der Waals surface area contributed by atoms with Gasteiger partial charge in [0.2, 0.25) is 5.91 Å². The topological polar surface area (TPSA) is 103 Å². The molecule has 0 spiro atoms. The maximum atomic E-state index is 12.0. The van der Waals surface area contributed by atoms with Gasteiger partial charge in [0.25, 0.3) is 0 Å². The first kappa shape index (κ1) is 18.9. The van der Waals surface area contributed by atoms with Crippen LogP contribution in [0.2, 0.25) is 5.02 Å². The van der Waals surface area contributed by atoms with Gasteiger partial charge in [-0.15, -0.1) is 10.2 Å². The van der Waals surface area contributed by atoms with Gasteiger partial charge < -0.3 is 5.73 Å². The molecule has 0 bridgehead atoms. The van der Waals surface area contributed by atoms with Crippen molar-refractivity contribution in [2.24, 2.45) is 5.73 Å². The van der Waals surface area contributed by atoms with Gasteiger partial charge in [0.05, 0.1) is 5.25 Å². The highest BCUT2D eigenvalue weighted by molar-refractivity contribution is 8.00. The lowest BCUT2D eigenvalue weighted by Crippen LogP contribution is -2.39. The monoisotopic (exact) mass is 401 g/mol. The summed E-state index contributed by atoms with van der Waals surface area (Å²) < 4.78 is 1.85. The molecule has 7 nitrogen and oxygen atoms in total. The molecule has 0 saturated heterocycles. The Morgan fingerprint density at radius 1 is 1.11 bits per heavy atom. The van der Waals surface area contributed by atoms with Crippen molar-refractivity contribution in [1.29, 1.82) is 0 Å². The molecule has 0 radical (unpaired) electrons. The SMILES string of the molecule is C[C@H](Sc1nnc(-c2ccc(Cl)cc2)n1-c1ccccc1)C(=O)NC(N)=O. The highest BCUT2D eigenvalue weighted by Gasteiger charge is 2.22. The van der Waals surface area contributed by atoms with Crippen molar-refractivity contribution in [3.05, 3.63) is 59.6 Å². The molecule has 0 aliphatic heterocycles. The minimum Gasteiger partial charge on any atom is -0.351 e. The predicted octanol–water partition coefficient (Wildman–Crippen LogP) is 3.26. The molecule has 3 N–H and O–H groups in total. The number of amides is 3. The van der Waals surface area contributed by atoms with Gasteiger partial charge in [-0.3, -0.25) is 14.7 Å². The lowest BCUT2D eigenvalue weighted by atomic mass is 10.2. The molecule has 3 rings (SSSR count). The van der Waals surface area contributed by atoms with Crippen LogP contribution in [0.5, 0.6) is 0 Å². The number of carbonyl (C=O) groups excluding carboxylic acids is 2. The third-order valence-corrected chi connectivity index (χ3v) is 4.94. The maximum absolute atomic E-state index is 12.0. The zero-order chi connectivity index (χ0) is 19.4. The summed E-state index contributed by atoms with van der Waals surface area (Å²) in [5.41, 5.74) is 6.69. The summed E-state index contributed by atoms with van der Waals surface area (Å²) >= 11 is 7.15. The van der Waals surface area contributed by atoms with E-state index in [4.69, 9.17) is 17.3 Å². The molecular weight excluding hydrogens is 386 g/mol. The molecule has 3 amide bonds. The van der Waals surface area contributed by atoms with Crippen LogP contribution in [-0.2, 0) is 4.79 Å². The number of thioether (sulfide) groups is 1. The van der Waals surface area contributed by atoms with E-state index in [2.05, 4.69) is 15.5 Å². The summed E-state index contributed by atoms with van der Waals surface area (Å²) in [7, 11) is 0. The quantitative estimate of drug-likeness (QED) is 0.638. The van der Waals surface area contributed by atoms with E-state index in [-0.39, 0.29) is 0 Å². The van der Waals surface area contributed by atoms with Gasteiger partial charge in [-0.05, 0) is 43.3 Å². The van der Waals surface area contributed by atoms with E-state index in [1.807, 2.05) is 47.0 Å². The fourth-order valence-electron chi connectivity index (χ4n) is 2.38. The van der Waals surface area contributed by atoms with Crippen LogP contribution in [0.1, 0.15) is 6.92 Å². The number of nitrogens with zero attached hydrogens (tertiary/aromatic N) is 3. The molecule has 27 heavy (non-hydrogen) atoms. The number of imide groups is 1. The van der Waals surface area contributed by atoms with E-state index in [1.54, 1.807) is 19.1 Å². The van der Waals surface area contributed by atoms with Crippen molar-refractivity contribution in [2.45, 2.75) is 17.3 Å². The van der Waals surface area contributed by atoms with E-state index in [0.29, 0.717) is 16.0 Å². The lowest BCUT2D eigenvalue weighted by molar-refractivity contribution is -0.119. The number of hydrogen-bond acceptors (Lipinski definition) is 5. The first-order valence-corrected chi connectivity index (χ1v) is 9.25. The zero-order valence-electron chi connectivity index (χ0n) is 14.3. The first-order valence-electron chi connectivity index (χ1n) is 7.99. The fourth-order valence-corrected chi connectivity index (χ4v) is 3.37. The summed E-state index contributed by atoms with van der Waals surface area (Å²) in [5, 5.41) is 11.1. The Bertz CT molecular complexity index is 960.